The Morgan fingerprint density at radius 1 is 1.38 bits per heavy atom. The number of imide groups is 1. The number of methoxy groups -OCH3 is 1. The lowest BCUT2D eigenvalue weighted by atomic mass is 9.84. The molecule has 1 saturated carbocycles. The van der Waals surface area contributed by atoms with E-state index in [-0.39, 0.29) is 24.4 Å². The van der Waals surface area contributed by atoms with Crippen molar-refractivity contribution in [2.24, 2.45) is 5.92 Å². The summed E-state index contributed by atoms with van der Waals surface area (Å²) < 4.78 is 5.12. The van der Waals surface area contributed by atoms with Gasteiger partial charge >= 0.3 is 6.03 Å². The highest BCUT2D eigenvalue weighted by Gasteiger charge is 2.52. The summed E-state index contributed by atoms with van der Waals surface area (Å²) in [5, 5.41) is 12.1. The van der Waals surface area contributed by atoms with Gasteiger partial charge in [-0.15, -0.1) is 0 Å². The molecule has 0 aromatic heterocycles. The minimum Gasteiger partial charge on any atom is -0.495 e. The Hall–Kier alpha value is -2.55. The van der Waals surface area contributed by atoms with Gasteiger partial charge in [0, 0.05) is 0 Å². The third-order valence-electron chi connectivity index (χ3n) is 5.20. The monoisotopic (exact) mass is 327 g/mol. The van der Waals surface area contributed by atoms with Crippen LogP contribution in [0.15, 0.2) is 18.2 Å². The summed E-state index contributed by atoms with van der Waals surface area (Å²) in [7, 11) is 1.50. The molecule has 3 rings (SSSR count). The fourth-order valence-corrected chi connectivity index (χ4v) is 3.76. The molecule has 1 atom stereocenters. The average molecular weight is 327 g/mol. The van der Waals surface area contributed by atoms with Gasteiger partial charge in [-0.25, -0.2) is 4.79 Å². The molecule has 1 heterocycles. The lowest BCUT2D eigenvalue weighted by Gasteiger charge is -2.28. The molecule has 1 aromatic carbocycles. The first-order valence-corrected chi connectivity index (χ1v) is 8.20. The Morgan fingerprint density at radius 3 is 2.71 bits per heavy atom. The molecular weight excluding hydrogens is 306 g/mol. The molecule has 6 heteroatoms. The van der Waals surface area contributed by atoms with Gasteiger partial charge in [0.25, 0.3) is 5.91 Å². The van der Waals surface area contributed by atoms with Crippen molar-refractivity contribution in [3.05, 3.63) is 29.3 Å². The Balaban J connectivity index is 1.82. The zero-order valence-electron chi connectivity index (χ0n) is 14.0. The maximum Gasteiger partial charge on any atom is 0.325 e. The average Bonchev–Trinajstić information content (AvgIpc) is 3.19. The fraction of sp³-hybridized carbons (Fsp3) is 0.500. The predicted molar refractivity (Wildman–Crippen MR) is 87.2 cm³/mol. The van der Waals surface area contributed by atoms with Gasteiger partial charge in [-0.3, -0.25) is 9.69 Å². The van der Waals surface area contributed by atoms with E-state index in [1.807, 2.05) is 6.92 Å². The summed E-state index contributed by atoms with van der Waals surface area (Å²) in [6, 6.07) is 6.82. The summed E-state index contributed by atoms with van der Waals surface area (Å²) in [5.41, 5.74) is 0.310. The van der Waals surface area contributed by atoms with E-state index in [1.165, 1.54) is 12.0 Å². The number of nitrogens with one attached hydrogen (secondary N) is 1. The molecule has 126 valence electrons. The van der Waals surface area contributed by atoms with Gasteiger partial charge in [0.2, 0.25) is 0 Å². The summed E-state index contributed by atoms with van der Waals surface area (Å²) in [6.45, 7) is 1.99. The van der Waals surface area contributed by atoms with Crippen molar-refractivity contribution >= 4 is 11.9 Å². The van der Waals surface area contributed by atoms with Crippen LogP contribution in [0.1, 0.15) is 43.7 Å². The van der Waals surface area contributed by atoms with Gasteiger partial charge in [-0.1, -0.05) is 18.9 Å². The zero-order chi connectivity index (χ0) is 17.3. The molecule has 0 bridgehead atoms. The lowest BCUT2D eigenvalue weighted by molar-refractivity contribution is -0.132. The van der Waals surface area contributed by atoms with Crippen LogP contribution in [0.2, 0.25) is 0 Å². The maximum atomic E-state index is 12.9. The Bertz CT molecular complexity index is 719. The van der Waals surface area contributed by atoms with E-state index in [0.29, 0.717) is 11.3 Å². The molecule has 3 amide bonds. The quantitative estimate of drug-likeness (QED) is 0.862. The highest BCUT2D eigenvalue weighted by molar-refractivity contribution is 6.07. The number of nitrogens with zero attached hydrogens (tertiary/aromatic N) is 2. The molecule has 1 N–H and O–H groups in total. The van der Waals surface area contributed by atoms with Crippen molar-refractivity contribution in [3.63, 3.8) is 0 Å². The summed E-state index contributed by atoms with van der Waals surface area (Å²) in [5.74, 6) is 0.507. The smallest absolute Gasteiger partial charge is 0.325 e. The highest BCUT2D eigenvalue weighted by Crippen LogP contribution is 2.38. The van der Waals surface area contributed by atoms with E-state index in [0.717, 1.165) is 31.2 Å². The Morgan fingerprint density at radius 2 is 2.08 bits per heavy atom. The number of hydrogen-bond donors (Lipinski definition) is 1. The first-order valence-electron chi connectivity index (χ1n) is 8.20. The van der Waals surface area contributed by atoms with E-state index >= 15 is 0 Å². The van der Waals surface area contributed by atoms with Crippen molar-refractivity contribution in [2.75, 3.05) is 7.11 Å². The number of amides is 3. The molecule has 0 radical (unpaired) electrons. The van der Waals surface area contributed by atoms with Crippen molar-refractivity contribution < 1.29 is 14.3 Å². The Labute approximate surface area is 141 Å². The van der Waals surface area contributed by atoms with Crippen molar-refractivity contribution in [3.8, 4) is 11.8 Å². The standard InChI is InChI=1S/C18H21N3O3/c1-18(14-5-3-4-6-14)16(22)21(17(23)20-18)11-12-7-8-15(24-2)13(9-12)10-19/h7-9,14H,3-6,11H2,1-2H3,(H,20,23). The minimum absolute atomic E-state index is 0.158. The first-order chi connectivity index (χ1) is 11.5. The molecule has 0 spiro atoms. The minimum atomic E-state index is -0.807. The molecule has 2 aliphatic rings. The molecular formula is C18H21N3O3. The van der Waals surface area contributed by atoms with Crippen LogP contribution in [0.5, 0.6) is 5.75 Å². The highest BCUT2D eigenvalue weighted by atomic mass is 16.5. The largest absolute Gasteiger partial charge is 0.495 e. The second-order valence-electron chi connectivity index (χ2n) is 6.65. The third-order valence-corrected chi connectivity index (χ3v) is 5.20. The van der Waals surface area contributed by atoms with Crippen molar-refractivity contribution in [1.29, 1.82) is 5.26 Å². The molecule has 2 fully saturated rings. The van der Waals surface area contributed by atoms with E-state index in [2.05, 4.69) is 11.4 Å². The SMILES string of the molecule is COc1ccc(CN2C(=O)NC(C)(C3CCCC3)C2=O)cc1C#N. The van der Waals surface area contributed by atoms with Crippen LogP contribution in [0.4, 0.5) is 4.79 Å². The zero-order valence-corrected chi connectivity index (χ0v) is 14.0. The van der Waals surface area contributed by atoms with E-state index in [9.17, 15) is 14.9 Å². The number of carbonyl (C=O) groups excluding carboxylic acids is 2. The van der Waals surface area contributed by atoms with Gasteiger partial charge in [0.15, 0.2) is 0 Å². The summed E-state index contributed by atoms with van der Waals surface area (Å²) in [6.07, 6.45) is 4.15. The first kappa shape index (κ1) is 16.3. The molecule has 1 unspecified atom stereocenters. The molecule has 1 aliphatic carbocycles. The number of nitriles is 1. The molecule has 6 nitrogen and oxygen atoms in total. The van der Waals surface area contributed by atoms with Crippen LogP contribution in [-0.2, 0) is 11.3 Å². The molecule has 1 saturated heterocycles. The van der Waals surface area contributed by atoms with Gasteiger partial charge in [0.05, 0.1) is 19.2 Å². The van der Waals surface area contributed by atoms with Crippen molar-refractivity contribution in [1.82, 2.24) is 10.2 Å². The molecule has 1 aliphatic heterocycles. The van der Waals surface area contributed by atoms with Gasteiger partial charge in [0.1, 0.15) is 17.4 Å². The lowest BCUT2D eigenvalue weighted by Crippen LogP contribution is -2.49. The number of ether oxygens (including phenoxy) is 1. The number of carbonyl (C=O) groups is 2. The van der Waals surface area contributed by atoms with Gasteiger partial charge in [-0.05, 0) is 43.4 Å². The number of rotatable bonds is 4. The summed E-state index contributed by atoms with van der Waals surface area (Å²) >= 11 is 0. The second-order valence-corrected chi connectivity index (χ2v) is 6.65. The van der Waals surface area contributed by atoms with Crippen LogP contribution >= 0.6 is 0 Å². The van der Waals surface area contributed by atoms with E-state index in [4.69, 9.17) is 4.74 Å². The van der Waals surface area contributed by atoms with Crippen LogP contribution in [0, 0.1) is 17.2 Å². The van der Waals surface area contributed by atoms with Crippen LogP contribution in [0.25, 0.3) is 0 Å². The van der Waals surface area contributed by atoms with Crippen LogP contribution in [0.3, 0.4) is 0 Å². The maximum absolute atomic E-state index is 12.9. The molecule has 1 aromatic rings. The predicted octanol–water partition coefficient (Wildman–Crippen LogP) is 2.57. The van der Waals surface area contributed by atoms with E-state index < -0.39 is 5.54 Å². The Kier molecular flexibility index (Phi) is 4.18. The fourth-order valence-electron chi connectivity index (χ4n) is 3.76. The third kappa shape index (κ3) is 2.60. The number of benzene rings is 1. The van der Waals surface area contributed by atoms with E-state index in [1.54, 1.807) is 18.2 Å². The summed E-state index contributed by atoms with van der Waals surface area (Å²) in [4.78, 5) is 26.5. The van der Waals surface area contributed by atoms with Crippen LogP contribution < -0.4 is 10.1 Å². The number of urea groups is 1. The van der Waals surface area contributed by atoms with Crippen LogP contribution in [-0.4, -0.2) is 29.5 Å². The normalized spacial score (nSPS) is 24.1. The topological polar surface area (TPSA) is 82.4 Å². The number of hydrogen-bond acceptors (Lipinski definition) is 4. The van der Waals surface area contributed by atoms with Gasteiger partial charge < -0.3 is 10.1 Å². The van der Waals surface area contributed by atoms with Crippen molar-refractivity contribution in [2.45, 2.75) is 44.7 Å². The molecule has 24 heavy (non-hydrogen) atoms. The second kappa shape index (κ2) is 6.16. The van der Waals surface area contributed by atoms with Gasteiger partial charge in [-0.2, -0.15) is 5.26 Å².